The molecule has 0 bridgehead atoms. The van der Waals surface area contributed by atoms with Crippen LogP contribution in [0.4, 0.5) is 4.39 Å². The van der Waals surface area contributed by atoms with Gasteiger partial charge in [-0.25, -0.2) is 4.39 Å². The van der Waals surface area contributed by atoms with E-state index < -0.39 is 11.0 Å². The summed E-state index contributed by atoms with van der Waals surface area (Å²) >= 11 is 5.80. The zero-order valence-corrected chi connectivity index (χ0v) is 7.00. The van der Waals surface area contributed by atoms with Crippen molar-refractivity contribution in [2.75, 3.05) is 0 Å². The van der Waals surface area contributed by atoms with Crippen LogP contribution < -0.4 is 0 Å². The van der Waals surface area contributed by atoms with Crippen LogP contribution in [0.3, 0.4) is 0 Å². The zero-order valence-electron chi connectivity index (χ0n) is 6.25. The Hall–Kier alpha value is 0.220. The van der Waals surface area contributed by atoms with Gasteiger partial charge in [-0.15, -0.1) is 11.6 Å². The van der Waals surface area contributed by atoms with Crippen molar-refractivity contribution in [2.24, 2.45) is 0 Å². The molecule has 0 aromatic heterocycles. The summed E-state index contributed by atoms with van der Waals surface area (Å²) in [5.41, 5.74) is 0. The minimum Gasteiger partial charge on any atom is -0.246 e. The summed E-state index contributed by atoms with van der Waals surface area (Å²) in [5.74, 6) is 0. The Morgan fingerprint density at radius 1 is 1.67 bits per heavy atom. The molecule has 1 unspecified atom stereocenters. The molecule has 2 atom stereocenters. The molecule has 0 aliphatic rings. The van der Waals surface area contributed by atoms with E-state index in [4.69, 9.17) is 11.6 Å². The normalized spacial score (nSPS) is 21.0. The van der Waals surface area contributed by atoms with Gasteiger partial charge >= 0.3 is 0 Å². The lowest BCUT2D eigenvalue weighted by atomic mass is 10.0. The summed E-state index contributed by atoms with van der Waals surface area (Å²) in [5, 5.41) is 0. The van der Waals surface area contributed by atoms with Crippen LogP contribution >= 0.6 is 11.6 Å². The molecule has 0 fully saturated rings. The Morgan fingerprint density at radius 2 is 2.11 bits per heavy atom. The van der Waals surface area contributed by atoms with Crippen molar-refractivity contribution < 1.29 is 4.39 Å². The Bertz CT molecular complexity index is 79.0. The third-order valence-electron chi connectivity index (χ3n) is 1.57. The van der Waals surface area contributed by atoms with Gasteiger partial charge in [-0.05, 0) is 20.3 Å². The minimum absolute atomic E-state index is 0.644. The second kappa shape index (κ2) is 3.40. The highest BCUT2D eigenvalue weighted by molar-refractivity contribution is 6.24. The van der Waals surface area contributed by atoms with Crippen molar-refractivity contribution in [3.8, 4) is 0 Å². The van der Waals surface area contributed by atoms with Crippen LogP contribution in [-0.4, -0.2) is 11.0 Å². The Balaban J connectivity index is 3.70. The minimum atomic E-state index is -0.917. The standard InChI is InChI=1S/C7H14ClF/c1-4-5-7(3,8)6(2)9/h6H,4-5H2,1-3H3/t6-,7?/m0/s1. The Morgan fingerprint density at radius 3 is 2.22 bits per heavy atom. The molecule has 0 aliphatic heterocycles. The molecular weight excluding hydrogens is 139 g/mol. The van der Waals surface area contributed by atoms with Crippen molar-refractivity contribution in [3.63, 3.8) is 0 Å². The van der Waals surface area contributed by atoms with E-state index in [0.29, 0.717) is 0 Å². The molecule has 2 heteroatoms. The van der Waals surface area contributed by atoms with Gasteiger partial charge in [-0.1, -0.05) is 13.3 Å². The Labute approximate surface area is 61.4 Å². The van der Waals surface area contributed by atoms with E-state index in [9.17, 15) is 4.39 Å². The summed E-state index contributed by atoms with van der Waals surface area (Å²) in [6.07, 6.45) is 0.764. The van der Waals surface area contributed by atoms with E-state index in [2.05, 4.69) is 0 Å². The second-order valence-corrected chi connectivity index (χ2v) is 3.51. The lowest BCUT2D eigenvalue weighted by molar-refractivity contribution is 0.274. The predicted molar refractivity (Wildman–Crippen MR) is 39.7 cm³/mol. The van der Waals surface area contributed by atoms with Crippen LogP contribution in [0.5, 0.6) is 0 Å². The summed E-state index contributed by atoms with van der Waals surface area (Å²) in [7, 11) is 0. The van der Waals surface area contributed by atoms with Gasteiger partial charge in [0, 0.05) is 0 Å². The molecule has 0 radical (unpaired) electrons. The van der Waals surface area contributed by atoms with Gasteiger partial charge < -0.3 is 0 Å². The quantitative estimate of drug-likeness (QED) is 0.545. The summed E-state index contributed by atoms with van der Waals surface area (Å²) in [6.45, 7) is 5.24. The smallest absolute Gasteiger partial charge is 0.116 e. The average molecular weight is 153 g/mol. The fourth-order valence-electron chi connectivity index (χ4n) is 0.688. The van der Waals surface area contributed by atoms with Crippen molar-refractivity contribution in [1.29, 1.82) is 0 Å². The highest BCUT2D eigenvalue weighted by Gasteiger charge is 2.26. The van der Waals surface area contributed by atoms with Gasteiger partial charge in [-0.3, -0.25) is 0 Å². The highest BCUT2D eigenvalue weighted by Crippen LogP contribution is 2.26. The van der Waals surface area contributed by atoms with Gasteiger partial charge in [-0.2, -0.15) is 0 Å². The molecule has 0 heterocycles. The van der Waals surface area contributed by atoms with Crippen LogP contribution in [0, 0.1) is 0 Å². The van der Waals surface area contributed by atoms with Crippen molar-refractivity contribution in [2.45, 2.75) is 44.7 Å². The first-order chi connectivity index (χ1) is 4.00. The fourth-order valence-corrected chi connectivity index (χ4v) is 0.877. The number of halogens is 2. The first-order valence-corrected chi connectivity index (χ1v) is 3.71. The van der Waals surface area contributed by atoms with Crippen LogP contribution in [0.25, 0.3) is 0 Å². The third-order valence-corrected chi connectivity index (χ3v) is 2.06. The SMILES string of the molecule is CCCC(C)(Cl)[C@H](C)F. The molecular formula is C7H14ClF. The van der Waals surface area contributed by atoms with E-state index >= 15 is 0 Å². The van der Waals surface area contributed by atoms with Gasteiger partial charge in [0.05, 0.1) is 4.87 Å². The monoisotopic (exact) mass is 152 g/mol. The maximum atomic E-state index is 12.5. The van der Waals surface area contributed by atoms with Crippen LogP contribution in [0.15, 0.2) is 0 Å². The van der Waals surface area contributed by atoms with Crippen molar-refractivity contribution >= 4 is 11.6 Å². The largest absolute Gasteiger partial charge is 0.246 e. The second-order valence-electron chi connectivity index (χ2n) is 2.64. The van der Waals surface area contributed by atoms with Crippen LogP contribution in [0.1, 0.15) is 33.6 Å². The van der Waals surface area contributed by atoms with E-state index in [1.165, 1.54) is 6.92 Å². The predicted octanol–water partition coefficient (Wildman–Crippen LogP) is 3.14. The van der Waals surface area contributed by atoms with Gasteiger partial charge in [0.25, 0.3) is 0 Å². The third kappa shape index (κ3) is 3.04. The molecule has 0 rings (SSSR count). The fraction of sp³-hybridized carbons (Fsp3) is 1.00. The summed E-state index contributed by atoms with van der Waals surface area (Å²) in [6, 6.07) is 0. The molecule has 0 N–H and O–H groups in total. The molecule has 56 valence electrons. The van der Waals surface area contributed by atoms with Crippen molar-refractivity contribution in [3.05, 3.63) is 0 Å². The molecule has 0 aromatic rings. The molecule has 0 aromatic carbocycles. The maximum absolute atomic E-state index is 12.5. The van der Waals surface area contributed by atoms with Gasteiger partial charge in [0.15, 0.2) is 0 Å². The first kappa shape index (κ1) is 9.22. The van der Waals surface area contributed by atoms with Crippen LogP contribution in [-0.2, 0) is 0 Å². The lowest BCUT2D eigenvalue weighted by Crippen LogP contribution is -2.27. The molecule has 9 heavy (non-hydrogen) atoms. The average Bonchev–Trinajstić information content (AvgIpc) is 1.65. The van der Waals surface area contributed by atoms with E-state index in [1.54, 1.807) is 6.92 Å². The summed E-state index contributed by atoms with van der Waals surface area (Å²) < 4.78 is 12.5. The number of alkyl halides is 2. The maximum Gasteiger partial charge on any atom is 0.116 e. The van der Waals surface area contributed by atoms with Crippen LogP contribution in [0.2, 0.25) is 0 Å². The van der Waals surface area contributed by atoms with E-state index in [0.717, 1.165) is 12.8 Å². The molecule has 0 aliphatic carbocycles. The molecule has 0 nitrogen and oxygen atoms in total. The molecule has 0 saturated carbocycles. The first-order valence-electron chi connectivity index (χ1n) is 3.33. The van der Waals surface area contributed by atoms with E-state index in [-0.39, 0.29) is 0 Å². The van der Waals surface area contributed by atoms with Gasteiger partial charge in [0.2, 0.25) is 0 Å². The number of rotatable bonds is 3. The molecule has 0 spiro atoms. The highest BCUT2D eigenvalue weighted by atomic mass is 35.5. The Kier molecular flexibility index (Phi) is 3.49. The van der Waals surface area contributed by atoms with Crippen molar-refractivity contribution in [1.82, 2.24) is 0 Å². The van der Waals surface area contributed by atoms with Gasteiger partial charge in [0.1, 0.15) is 6.17 Å². The zero-order chi connectivity index (χ0) is 7.49. The lowest BCUT2D eigenvalue weighted by Gasteiger charge is -2.22. The topological polar surface area (TPSA) is 0 Å². The number of hydrogen-bond donors (Lipinski definition) is 0. The summed E-state index contributed by atoms with van der Waals surface area (Å²) in [4.78, 5) is -0.644. The van der Waals surface area contributed by atoms with E-state index in [1.807, 2.05) is 6.92 Å². The number of hydrogen-bond acceptors (Lipinski definition) is 0. The molecule has 0 saturated heterocycles. The molecule has 0 amide bonds.